The van der Waals surface area contributed by atoms with Gasteiger partial charge in [-0.15, -0.1) is 0 Å². The molecule has 3 rings (SSSR count). The summed E-state index contributed by atoms with van der Waals surface area (Å²) in [7, 11) is 0. The highest BCUT2D eigenvalue weighted by molar-refractivity contribution is 5.73. The van der Waals surface area contributed by atoms with E-state index < -0.39 is 5.82 Å². The summed E-state index contributed by atoms with van der Waals surface area (Å²) in [5, 5.41) is 6.90. The molecule has 1 heterocycles. The molecule has 1 atom stereocenters. The smallest absolute Gasteiger partial charge is 0.309 e. The standard InChI is InChI=1S/C16H17FN2O3/c17-13-3-1-2-4-15(13)21-7-8-22-16(20)11-5-6-12-10-18-19-14(12)9-11/h1-4,10-11H,5-9H2,(H,18,19)/t11-/m1/s1. The lowest BCUT2D eigenvalue weighted by atomic mass is 9.88. The molecule has 1 aromatic carbocycles. The van der Waals surface area contributed by atoms with Gasteiger partial charge in [-0.3, -0.25) is 9.89 Å². The Morgan fingerprint density at radius 3 is 3.09 bits per heavy atom. The zero-order chi connectivity index (χ0) is 15.4. The van der Waals surface area contributed by atoms with Crippen molar-refractivity contribution in [2.75, 3.05) is 13.2 Å². The molecule has 1 aliphatic rings. The maximum absolute atomic E-state index is 13.3. The lowest BCUT2D eigenvalue weighted by Gasteiger charge is -2.20. The van der Waals surface area contributed by atoms with Crippen molar-refractivity contribution >= 4 is 5.97 Å². The van der Waals surface area contributed by atoms with Gasteiger partial charge >= 0.3 is 5.97 Å². The third kappa shape index (κ3) is 3.27. The SMILES string of the molecule is O=C(OCCOc1ccccc1F)[C@@H]1CCc2cn[nH]c2C1. The van der Waals surface area contributed by atoms with Crippen molar-refractivity contribution in [3.63, 3.8) is 0 Å². The third-order valence-electron chi connectivity index (χ3n) is 3.78. The van der Waals surface area contributed by atoms with Gasteiger partial charge in [0.2, 0.25) is 0 Å². The number of nitrogens with one attached hydrogen (secondary N) is 1. The molecule has 1 aliphatic carbocycles. The quantitative estimate of drug-likeness (QED) is 0.680. The van der Waals surface area contributed by atoms with Crippen LogP contribution in [0.1, 0.15) is 17.7 Å². The number of esters is 1. The second-order valence-electron chi connectivity index (χ2n) is 5.26. The number of hydrogen-bond donors (Lipinski definition) is 1. The summed E-state index contributed by atoms with van der Waals surface area (Å²) in [6, 6.07) is 6.15. The Labute approximate surface area is 127 Å². The molecule has 0 amide bonds. The Balaban J connectivity index is 1.43. The van der Waals surface area contributed by atoms with Crippen LogP contribution in [0.5, 0.6) is 5.75 Å². The Bertz CT molecular complexity index is 656. The number of H-pyrrole nitrogens is 1. The molecule has 0 saturated carbocycles. The van der Waals surface area contributed by atoms with Crippen molar-refractivity contribution in [1.29, 1.82) is 0 Å². The monoisotopic (exact) mass is 304 g/mol. The van der Waals surface area contributed by atoms with Crippen molar-refractivity contribution < 1.29 is 18.7 Å². The van der Waals surface area contributed by atoms with Crippen molar-refractivity contribution in [2.24, 2.45) is 5.92 Å². The Morgan fingerprint density at radius 1 is 1.36 bits per heavy atom. The zero-order valence-corrected chi connectivity index (χ0v) is 12.0. The first-order valence-electron chi connectivity index (χ1n) is 7.29. The molecule has 6 heteroatoms. The average Bonchev–Trinajstić information content (AvgIpc) is 3.00. The summed E-state index contributed by atoms with van der Waals surface area (Å²) in [4.78, 5) is 12.0. The largest absolute Gasteiger partial charge is 0.487 e. The van der Waals surface area contributed by atoms with Gasteiger partial charge in [-0.05, 0) is 30.5 Å². The molecule has 0 unspecified atom stereocenters. The number of rotatable bonds is 5. The van der Waals surface area contributed by atoms with Crippen molar-refractivity contribution in [3.8, 4) is 5.75 Å². The molecular weight excluding hydrogens is 287 g/mol. The highest BCUT2D eigenvalue weighted by Gasteiger charge is 2.26. The first-order valence-corrected chi connectivity index (χ1v) is 7.29. The van der Waals surface area contributed by atoms with Crippen LogP contribution in [0.3, 0.4) is 0 Å². The van der Waals surface area contributed by atoms with E-state index in [0.717, 1.165) is 18.5 Å². The fourth-order valence-corrected chi connectivity index (χ4v) is 2.58. The summed E-state index contributed by atoms with van der Waals surface area (Å²) in [5.74, 6) is -0.648. The maximum Gasteiger partial charge on any atom is 0.309 e. The number of fused-ring (bicyclic) bond motifs is 1. The molecule has 0 aliphatic heterocycles. The number of aromatic nitrogens is 2. The molecule has 1 aromatic heterocycles. The molecule has 22 heavy (non-hydrogen) atoms. The fraction of sp³-hybridized carbons (Fsp3) is 0.375. The number of nitrogens with zero attached hydrogens (tertiary/aromatic N) is 1. The number of halogens is 1. The summed E-state index contributed by atoms with van der Waals surface area (Å²) < 4.78 is 23.8. The molecule has 1 N–H and O–H groups in total. The van der Waals surface area contributed by atoms with E-state index in [1.165, 1.54) is 17.7 Å². The van der Waals surface area contributed by atoms with Crippen LogP contribution in [0.15, 0.2) is 30.5 Å². The lowest BCUT2D eigenvalue weighted by Crippen LogP contribution is -2.26. The van der Waals surface area contributed by atoms with Gasteiger partial charge in [-0.2, -0.15) is 5.10 Å². The molecule has 0 bridgehead atoms. The minimum Gasteiger partial charge on any atom is -0.487 e. The molecule has 116 valence electrons. The zero-order valence-electron chi connectivity index (χ0n) is 12.0. The van der Waals surface area contributed by atoms with Crippen LogP contribution in [0, 0.1) is 11.7 Å². The molecule has 0 spiro atoms. The molecule has 2 aromatic rings. The van der Waals surface area contributed by atoms with E-state index in [1.807, 2.05) is 0 Å². The van der Waals surface area contributed by atoms with Gasteiger partial charge in [-0.1, -0.05) is 12.1 Å². The Kier molecular flexibility index (Phi) is 4.37. The number of carbonyl (C=O) groups excluding carboxylic acids is 1. The summed E-state index contributed by atoms with van der Waals surface area (Å²) in [5.41, 5.74) is 2.18. The van der Waals surface area contributed by atoms with Gasteiger partial charge in [0.15, 0.2) is 11.6 Å². The summed E-state index contributed by atoms with van der Waals surface area (Å²) in [6.07, 6.45) is 4.03. The first-order chi connectivity index (χ1) is 10.7. The van der Waals surface area contributed by atoms with Crippen LogP contribution in [0.4, 0.5) is 4.39 Å². The number of ether oxygens (including phenoxy) is 2. The van der Waals surface area contributed by atoms with Gasteiger partial charge in [-0.25, -0.2) is 4.39 Å². The highest BCUT2D eigenvalue weighted by atomic mass is 19.1. The second kappa shape index (κ2) is 6.60. The number of para-hydroxylation sites is 1. The number of aryl methyl sites for hydroxylation is 1. The topological polar surface area (TPSA) is 64.2 Å². The van der Waals surface area contributed by atoms with E-state index in [4.69, 9.17) is 9.47 Å². The van der Waals surface area contributed by atoms with E-state index in [1.54, 1.807) is 18.3 Å². The molecule has 0 fully saturated rings. The van der Waals surface area contributed by atoms with Gasteiger partial charge in [0, 0.05) is 12.1 Å². The van der Waals surface area contributed by atoms with E-state index >= 15 is 0 Å². The normalized spacial score (nSPS) is 16.9. The Morgan fingerprint density at radius 2 is 2.23 bits per heavy atom. The lowest BCUT2D eigenvalue weighted by molar-refractivity contribution is -0.149. The van der Waals surface area contributed by atoms with Gasteiger partial charge in [0.25, 0.3) is 0 Å². The summed E-state index contributed by atoms with van der Waals surface area (Å²) >= 11 is 0. The average molecular weight is 304 g/mol. The van der Waals surface area contributed by atoms with Crippen LogP contribution >= 0.6 is 0 Å². The number of carbonyl (C=O) groups is 1. The maximum atomic E-state index is 13.3. The van der Waals surface area contributed by atoms with Crippen LogP contribution < -0.4 is 4.74 Å². The minimum atomic E-state index is -0.423. The summed E-state index contributed by atoms with van der Waals surface area (Å²) in [6.45, 7) is 0.244. The van der Waals surface area contributed by atoms with Gasteiger partial charge in [0.05, 0.1) is 12.1 Å². The van der Waals surface area contributed by atoms with Gasteiger partial charge < -0.3 is 9.47 Å². The molecule has 0 radical (unpaired) electrons. The number of aromatic amines is 1. The van der Waals surface area contributed by atoms with E-state index in [2.05, 4.69) is 10.2 Å². The third-order valence-corrected chi connectivity index (χ3v) is 3.78. The predicted octanol–water partition coefficient (Wildman–Crippen LogP) is 2.28. The minimum absolute atomic E-state index is 0.111. The Hall–Kier alpha value is -2.37. The van der Waals surface area contributed by atoms with Crippen molar-refractivity contribution in [3.05, 3.63) is 47.5 Å². The molecular formula is C16H17FN2O3. The van der Waals surface area contributed by atoms with E-state index in [0.29, 0.717) is 6.42 Å². The number of benzene rings is 1. The van der Waals surface area contributed by atoms with E-state index in [9.17, 15) is 9.18 Å². The van der Waals surface area contributed by atoms with E-state index in [-0.39, 0.29) is 30.9 Å². The van der Waals surface area contributed by atoms with Crippen molar-refractivity contribution in [1.82, 2.24) is 10.2 Å². The van der Waals surface area contributed by atoms with Gasteiger partial charge in [0.1, 0.15) is 13.2 Å². The first kappa shape index (κ1) is 14.6. The molecule has 5 nitrogen and oxygen atoms in total. The van der Waals surface area contributed by atoms with Crippen LogP contribution in [0.25, 0.3) is 0 Å². The molecule has 0 saturated heterocycles. The predicted molar refractivity (Wildman–Crippen MR) is 77.0 cm³/mol. The van der Waals surface area contributed by atoms with Crippen LogP contribution in [-0.2, 0) is 22.4 Å². The van der Waals surface area contributed by atoms with Crippen LogP contribution in [-0.4, -0.2) is 29.4 Å². The van der Waals surface area contributed by atoms with Crippen molar-refractivity contribution in [2.45, 2.75) is 19.3 Å². The highest BCUT2D eigenvalue weighted by Crippen LogP contribution is 2.24. The fourth-order valence-electron chi connectivity index (χ4n) is 2.58. The van der Waals surface area contributed by atoms with Crippen LogP contribution in [0.2, 0.25) is 0 Å². The second-order valence-corrected chi connectivity index (χ2v) is 5.26. The number of hydrogen-bond acceptors (Lipinski definition) is 4.